The molecule has 0 unspecified atom stereocenters. The molecule has 0 heterocycles. The molecule has 2 aromatic carbocycles. The maximum Gasteiger partial charge on any atom is 1.00 e. The second kappa shape index (κ2) is 17.5. The summed E-state index contributed by atoms with van der Waals surface area (Å²) in [6.07, 6.45) is 1.33. The van der Waals surface area contributed by atoms with Gasteiger partial charge in [-0.2, -0.15) is 0 Å². The maximum atomic E-state index is 10.7. The minimum Gasteiger partial charge on any atom is -0.780 e. The van der Waals surface area contributed by atoms with Crippen LogP contribution in [-0.2, 0) is 9.13 Å². The zero-order valence-corrected chi connectivity index (χ0v) is 29.0. The van der Waals surface area contributed by atoms with E-state index in [2.05, 4.69) is 9.05 Å². The SMILES string of the molecule is CC/C(=C(/CC)c1ccc(OP(=O)([O-])[O-])cc1)c1ccc(OP(=O)([O-])[O-])cc1.[Na+].[Na+].[Na+].[Na+]. The second-order valence-electron chi connectivity index (χ2n) is 5.79. The standard InChI is InChI=1S/C18H22O8P2.4Na/c1-3-17(13-5-9-15(10-6-13)25-27(19,20)21)18(4-2)14-7-11-16(12-8-14)26-28(22,23)24;;;;/h5-12H,3-4H2,1-2H3,(H2,19,20,21)(H2,22,23,24);;;;/q;4*+1/p-4/b18-17+;;;;. The van der Waals surface area contributed by atoms with Crippen LogP contribution in [0.1, 0.15) is 37.8 Å². The molecule has 8 nitrogen and oxygen atoms in total. The van der Waals surface area contributed by atoms with Crippen LogP contribution in [-0.4, -0.2) is 0 Å². The number of hydrogen-bond donors (Lipinski definition) is 0. The van der Waals surface area contributed by atoms with Gasteiger partial charge in [0.25, 0.3) is 0 Å². The van der Waals surface area contributed by atoms with E-state index in [-0.39, 0.29) is 130 Å². The van der Waals surface area contributed by atoms with Gasteiger partial charge in [0.1, 0.15) is 27.1 Å². The number of benzene rings is 2. The summed E-state index contributed by atoms with van der Waals surface area (Å²) >= 11 is 0. The van der Waals surface area contributed by atoms with Crippen molar-refractivity contribution in [2.75, 3.05) is 0 Å². The minimum atomic E-state index is -5.11. The zero-order valence-electron chi connectivity index (χ0n) is 19.2. The molecule has 0 saturated carbocycles. The topological polar surface area (TPSA) is 145 Å². The quantitative estimate of drug-likeness (QED) is 0.191. The zero-order chi connectivity index (χ0) is 20.9. The number of phosphoric ester groups is 2. The molecule has 2 rings (SSSR count). The van der Waals surface area contributed by atoms with Gasteiger partial charge in [-0.15, -0.1) is 0 Å². The first-order valence-electron chi connectivity index (χ1n) is 8.38. The van der Waals surface area contributed by atoms with Gasteiger partial charge in [0, 0.05) is 0 Å². The van der Waals surface area contributed by atoms with Crippen LogP contribution in [0.25, 0.3) is 11.1 Å². The molecule has 0 aromatic heterocycles. The summed E-state index contributed by atoms with van der Waals surface area (Å²) < 4.78 is 30.1. The van der Waals surface area contributed by atoms with E-state index in [0.29, 0.717) is 12.8 Å². The number of phosphoric acid groups is 2. The molecule has 0 saturated heterocycles. The van der Waals surface area contributed by atoms with Gasteiger partial charge in [-0.1, -0.05) is 38.1 Å². The Bertz CT molecular complexity index is 863. The Morgan fingerprint density at radius 3 is 1.06 bits per heavy atom. The van der Waals surface area contributed by atoms with Crippen molar-refractivity contribution in [2.24, 2.45) is 0 Å². The van der Waals surface area contributed by atoms with Gasteiger partial charge >= 0.3 is 118 Å². The summed E-state index contributed by atoms with van der Waals surface area (Å²) in [5, 5.41) is 0. The summed E-state index contributed by atoms with van der Waals surface area (Å²) in [4.78, 5) is 42.8. The van der Waals surface area contributed by atoms with E-state index in [4.69, 9.17) is 0 Å². The third kappa shape index (κ3) is 13.4. The van der Waals surface area contributed by atoms with Crippen molar-refractivity contribution in [2.45, 2.75) is 26.7 Å². The van der Waals surface area contributed by atoms with Crippen LogP contribution in [0.4, 0.5) is 0 Å². The molecule has 0 bridgehead atoms. The van der Waals surface area contributed by atoms with Crippen LogP contribution in [0, 0.1) is 0 Å². The van der Waals surface area contributed by atoms with Gasteiger partial charge < -0.3 is 37.8 Å². The van der Waals surface area contributed by atoms with E-state index < -0.39 is 15.6 Å². The van der Waals surface area contributed by atoms with E-state index in [9.17, 15) is 28.7 Å². The largest absolute Gasteiger partial charge is 1.00 e. The molecular weight excluding hydrogens is 498 g/mol. The first-order chi connectivity index (χ1) is 13.0. The van der Waals surface area contributed by atoms with Crippen molar-refractivity contribution in [3.05, 3.63) is 59.7 Å². The molecule has 0 aliphatic heterocycles. The van der Waals surface area contributed by atoms with Crippen LogP contribution in [0.5, 0.6) is 11.5 Å². The normalized spacial score (nSPS) is 11.4. The van der Waals surface area contributed by atoms with E-state index in [0.717, 1.165) is 22.3 Å². The first kappa shape index (κ1) is 38.6. The molecule has 0 fully saturated rings. The summed E-state index contributed by atoms with van der Waals surface area (Å²) in [5.41, 5.74) is 3.60. The third-order valence-electron chi connectivity index (χ3n) is 3.91. The fourth-order valence-electron chi connectivity index (χ4n) is 2.88. The Balaban J connectivity index is -0.00000210. The van der Waals surface area contributed by atoms with Crippen LogP contribution >= 0.6 is 15.6 Å². The number of rotatable bonds is 8. The van der Waals surface area contributed by atoms with Gasteiger partial charge in [0.05, 0.1) is 0 Å². The summed E-state index contributed by atoms with van der Waals surface area (Å²) in [6, 6.07) is 12.2. The minimum absolute atomic E-state index is 0. The molecule has 32 heavy (non-hydrogen) atoms. The first-order valence-corrected chi connectivity index (χ1v) is 11.3. The van der Waals surface area contributed by atoms with E-state index in [1.165, 1.54) is 24.3 Å². The molecule has 0 aliphatic rings. The average Bonchev–Trinajstić information content (AvgIpc) is 2.59. The summed E-state index contributed by atoms with van der Waals surface area (Å²) in [6.45, 7) is 3.92. The molecule has 152 valence electrons. The number of allylic oxidation sites excluding steroid dienone is 2. The monoisotopic (exact) mass is 516 g/mol. The molecule has 0 N–H and O–H groups in total. The third-order valence-corrected chi connectivity index (χ3v) is 4.78. The van der Waals surface area contributed by atoms with Crippen LogP contribution < -0.4 is 147 Å². The van der Waals surface area contributed by atoms with E-state index in [1.807, 2.05) is 13.8 Å². The van der Waals surface area contributed by atoms with Crippen molar-refractivity contribution < 1.29 is 156 Å². The molecule has 0 radical (unpaired) electrons. The van der Waals surface area contributed by atoms with Crippen molar-refractivity contribution in [3.8, 4) is 11.5 Å². The maximum absolute atomic E-state index is 10.7. The molecule has 14 heteroatoms. The molecule has 0 atom stereocenters. The van der Waals surface area contributed by atoms with E-state index in [1.54, 1.807) is 24.3 Å². The van der Waals surface area contributed by atoms with E-state index >= 15 is 0 Å². The van der Waals surface area contributed by atoms with Crippen molar-refractivity contribution in [1.29, 1.82) is 0 Å². The van der Waals surface area contributed by atoms with Crippen LogP contribution in [0.2, 0.25) is 0 Å². The van der Waals surface area contributed by atoms with Crippen LogP contribution in [0.3, 0.4) is 0 Å². The van der Waals surface area contributed by atoms with Gasteiger partial charge in [-0.25, -0.2) is 0 Å². The van der Waals surface area contributed by atoms with Crippen molar-refractivity contribution >= 4 is 26.8 Å². The Morgan fingerprint density at radius 2 is 0.875 bits per heavy atom. The van der Waals surface area contributed by atoms with Crippen molar-refractivity contribution in [3.63, 3.8) is 0 Å². The van der Waals surface area contributed by atoms with Crippen LogP contribution in [0.15, 0.2) is 48.5 Å². The predicted octanol–water partition coefficient (Wildman–Crippen LogP) is -10.2. The van der Waals surface area contributed by atoms with Gasteiger partial charge in [0.15, 0.2) is 0 Å². The fourth-order valence-corrected chi connectivity index (χ4v) is 3.64. The predicted molar refractivity (Wildman–Crippen MR) is 96.7 cm³/mol. The molecular formula is C18H18Na4O8P2. The van der Waals surface area contributed by atoms with Gasteiger partial charge in [0.2, 0.25) is 0 Å². The van der Waals surface area contributed by atoms with Gasteiger partial charge in [-0.05, 0) is 59.4 Å². The molecule has 2 aromatic rings. The molecule has 0 aliphatic carbocycles. The Morgan fingerprint density at radius 1 is 0.625 bits per heavy atom. The summed E-state index contributed by atoms with van der Waals surface area (Å²) in [7, 11) is -10.2. The van der Waals surface area contributed by atoms with Crippen molar-refractivity contribution in [1.82, 2.24) is 0 Å². The second-order valence-corrected chi connectivity index (χ2v) is 7.94. The summed E-state index contributed by atoms with van der Waals surface area (Å²) in [5.74, 6) is -0.126. The fraction of sp³-hybridized carbons (Fsp3) is 0.222. The Kier molecular flexibility index (Phi) is 21.1. The molecule has 0 spiro atoms. The smallest absolute Gasteiger partial charge is 0.780 e. The average molecular weight is 516 g/mol. The Hall–Kier alpha value is 2.08. The molecule has 0 amide bonds. The number of hydrogen-bond acceptors (Lipinski definition) is 8. The Labute approximate surface area is 276 Å². The van der Waals surface area contributed by atoms with Gasteiger partial charge in [-0.3, -0.25) is 0 Å².